The molecule has 2 aliphatic heterocycles. The van der Waals surface area contributed by atoms with E-state index in [1.807, 2.05) is 0 Å². The lowest BCUT2D eigenvalue weighted by Gasteiger charge is -2.40. The maximum atomic E-state index is 13.5. The molecular formula is C28H33FN4O4. The molecule has 1 amide bonds. The normalized spacial score (nSPS) is 25.1. The van der Waals surface area contributed by atoms with E-state index < -0.39 is 12.1 Å². The topological polar surface area (TPSA) is 98.2 Å². The number of aliphatic hydroxyl groups excluding tert-OH is 2. The van der Waals surface area contributed by atoms with Crippen molar-refractivity contribution in [3.05, 3.63) is 53.5 Å². The van der Waals surface area contributed by atoms with Crippen LogP contribution < -0.4 is 10.2 Å². The van der Waals surface area contributed by atoms with Gasteiger partial charge in [0.25, 0.3) is 5.91 Å². The van der Waals surface area contributed by atoms with Gasteiger partial charge < -0.3 is 25.2 Å². The second-order valence-electron chi connectivity index (χ2n) is 11.0. The first-order chi connectivity index (χ1) is 17.8. The molecule has 1 aromatic heterocycles. The zero-order chi connectivity index (χ0) is 25.7. The molecule has 2 saturated carbocycles. The number of amides is 1. The van der Waals surface area contributed by atoms with Gasteiger partial charge in [0, 0.05) is 43.5 Å². The van der Waals surface area contributed by atoms with Crippen molar-refractivity contribution in [1.82, 2.24) is 15.2 Å². The molecule has 2 aliphatic carbocycles. The number of carbonyl (C=O) groups is 1. The van der Waals surface area contributed by atoms with Crippen LogP contribution in [0.3, 0.4) is 0 Å². The van der Waals surface area contributed by atoms with Gasteiger partial charge in [0.05, 0.1) is 18.8 Å². The number of aromatic nitrogens is 1. The Labute approximate surface area is 215 Å². The van der Waals surface area contributed by atoms with E-state index in [4.69, 9.17) is 4.74 Å². The first-order valence-corrected chi connectivity index (χ1v) is 13.1. The van der Waals surface area contributed by atoms with Crippen LogP contribution in [-0.4, -0.2) is 77.2 Å². The number of anilines is 1. The van der Waals surface area contributed by atoms with Gasteiger partial charge in [-0.05, 0) is 61.8 Å². The highest BCUT2D eigenvalue weighted by atomic mass is 19.1. The summed E-state index contributed by atoms with van der Waals surface area (Å²) in [5.74, 6) is -0.651. The number of aliphatic hydroxyl groups is 2. The molecule has 196 valence electrons. The van der Waals surface area contributed by atoms with Crippen LogP contribution in [0.5, 0.6) is 0 Å². The minimum Gasteiger partial charge on any atom is -0.507 e. The van der Waals surface area contributed by atoms with Crippen molar-refractivity contribution in [3.8, 4) is 11.1 Å². The quantitative estimate of drug-likeness (QED) is 0.552. The lowest BCUT2D eigenvalue weighted by atomic mass is 9.77. The van der Waals surface area contributed by atoms with E-state index in [1.165, 1.54) is 25.0 Å². The van der Waals surface area contributed by atoms with Crippen LogP contribution in [0.2, 0.25) is 0 Å². The third-order valence-corrected chi connectivity index (χ3v) is 8.41. The molecule has 1 saturated heterocycles. The minimum atomic E-state index is -1.33. The highest BCUT2D eigenvalue weighted by molar-refractivity contribution is 6.04. The molecular weight excluding hydrogens is 475 g/mol. The van der Waals surface area contributed by atoms with Gasteiger partial charge >= 0.3 is 0 Å². The maximum Gasteiger partial charge on any atom is 0.255 e. The van der Waals surface area contributed by atoms with Gasteiger partial charge in [0.15, 0.2) is 6.23 Å². The molecule has 2 atom stereocenters. The molecule has 8 nitrogen and oxygen atoms in total. The number of hydrogen-bond acceptors (Lipinski definition) is 7. The SMILES string of the molecule is C[C@H]1COCCN1CCN1c2ncc(-c3ccc(F)cc3)cc2C(O)=C(C(=O)NC2CC3(CC3)C2)C1O. The summed E-state index contributed by atoms with van der Waals surface area (Å²) < 4.78 is 19.0. The molecule has 2 aromatic rings. The highest BCUT2D eigenvalue weighted by Gasteiger charge is 2.53. The number of ether oxygens (including phenoxy) is 1. The Hall–Kier alpha value is -3.01. The van der Waals surface area contributed by atoms with E-state index in [0.717, 1.165) is 24.9 Å². The van der Waals surface area contributed by atoms with Gasteiger partial charge in [-0.2, -0.15) is 0 Å². The second-order valence-corrected chi connectivity index (χ2v) is 11.0. The average molecular weight is 509 g/mol. The molecule has 3 N–H and O–H groups in total. The number of nitrogens with one attached hydrogen (secondary N) is 1. The number of rotatable bonds is 6. The highest BCUT2D eigenvalue weighted by Crippen LogP contribution is 2.60. The largest absolute Gasteiger partial charge is 0.507 e. The predicted octanol–water partition coefficient (Wildman–Crippen LogP) is 3.07. The Bertz CT molecular complexity index is 1220. The predicted molar refractivity (Wildman–Crippen MR) is 137 cm³/mol. The van der Waals surface area contributed by atoms with E-state index in [-0.39, 0.29) is 29.2 Å². The molecule has 37 heavy (non-hydrogen) atoms. The number of nitrogens with zero attached hydrogens (tertiary/aromatic N) is 3. The summed E-state index contributed by atoms with van der Waals surface area (Å²) in [4.78, 5) is 21.9. The van der Waals surface area contributed by atoms with Crippen molar-refractivity contribution >= 4 is 17.5 Å². The Morgan fingerprint density at radius 1 is 1.22 bits per heavy atom. The fourth-order valence-electron chi connectivity index (χ4n) is 5.92. The summed E-state index contributed by atoms with van der Waals surface area (Å²) >= 11 is 0. The minimum absolute atomic E-state index is 0.0580. The number of halogens is 1. The Morgan fingerprint density at radius 3 is 2.68 bits per heavy atom. The Kier molecular flexibility index (Phi) is 6.17. The maximum absolute atomic E-state index is 13.5. The zero-order valence-electron chi connectivity index (χ0n) is 21.0. The molecule has 4 aliphatic rings. The Morgan fingerprint density at radius 2 is 1.97 bits per heavy atom. The van der Waals surface area contributed by atoms with E-state index in [9.17, 15) is 19.4 Å². The van der Waals surface area contributed by atoms with Gasteiger partial charge in [-0.3, -0.25) is 9.69 Å². The van der Waals surface area contributed by atoms with Crippen LogP contribution in [0.1, 0.15) is 38.2 Å². The third-order valence-electron chi connectivity index (χ3n) is 8.41. The van der Waals surface area contributed by atoms with Gasteiger partial charge in [0.2, 0.25) is 0 Å². The average Bonchev–Trinajstić information content (AvgIpc) is 3.66. The summed E-state index contributed by atoms with van der Waals surface area (Å²) in [6.07, 6.45) is 4.65. The first-order valence-electron chi connectivity index (χ1n) is 13.1. The molecule has 1 aromatic carbocycles. The van der Waals surface area contributed by atoms with Crippen LogP contribution in [0.25, 0.3) is 16.9 Å². The summed E-state index contributed by atoms with van der Waals surface area (Å²) in [6.45, 7) is 5.24. The van der Waals surface area contributed by atoms with E-state index in [2.05, 4.69) is 22.1 Å². The summed E-state index contributed by atoms with van der Waals surface area (Å²) in [7, 11) is 0. The van der Waals surface area contributed by atoms with Crippen molar-refractivity contribution < 1.29 is 24.1 Å². The van der Waals surface area contributed by atoms with Gasteiger partial charge in [-0.1, -0.05) is 12.1 Å². The van der Waals surface area contributed by atoms with Crippen LogP contribution in [-0.2, 0) is 9.53 Å². The monoisotopic (exact) mass is 508 g/mol. The van der Waals surface area contributed by atoms with Crippen LogP contribution in [0, 0.1) is 11.2 Å². The summed E-state index contributed by atoms with van der Waals surface area (Å²) in [6, 6.07) is 8.08. The molecule has 3 fully saturated rings. The van der Waals surface area contributed by atoms with Gasteiger partial charge in [-0.25, -0.2) is 9.37 Å². The molecule has 9 heteroatoms. The van der Waals surface area contributed by atoms with E-state index in [0.29, 0.717) is 48.7 Å². The number of carbonyl (C=O) groups excluding carboxylic acids is 1. The first kappa shape index (κ1) is 24.3. The van der Waals surface area contributed by atoms with Crippen LogP contribution >= 0.6 is 0 Å². The third kappa shape index (κ3) is 4.60. The fraction of sp³-hybridized carbons (Fsp3) is 0.500. The molecule has 0 radical (unpaired) electrons. The summed E-state index contributed by atoms with van der Waals surface area (Å²) in [5.41, 5.74) is 2.15. The number of fused-ring (bicyclic) bond motifs is 1. The van der Waals surface area contributed by atoms with E-state index in [1.54, 1.807) is 29.3 Å². The fourth-order valence-corrected chi connectivity index (χ4v) is 5.92. The summed E-state index contributed by atoms with van der Waals surface area (Å²) in [5, 5.41) is 25.7. The zero-order valence-corrected chi connectivity index (χ0v) is 21.0. The lowest BCUT2D eigenvalue weighted by Crippen LogP contribution is -2.53. The molecule has 1 spiro atoms. The molecule has 3 heterocycles. The number of morpholine rings is 1. The van der Waals surface area contributed by atoms with Gasteiger partial charge in [0.1, 0.15) is 23.0 Å². The van der Waals surface area contributed by atoms with Crippen molar-refractivity contribution in [1.29, 1.82) is 0 Å². The number of pyridine rings is 1. The van der Waals surface area contributed by atoms with Crippen molar-refractivity contribution in [2.45, 2.75) is 50.9 Å². The van der Waals surface area contributed by atoms with E-state index >= 15 is 0 Å². The molecule has 1 unspecified atom stereocenters. The number of hydrogen-bond donors (Lipinski definition) is 3. The smallest absolute Gasteiger partial charge is 0.255 e. The van der Waals surface area contributed by atoms with Crippen molar-refractivity contribution in [2.24, 2.45) is 5.41 Å². The van der Waals surface area contributed by atoms with Gasteiger partial charge in [-0.15, -0.1) is 0 Å². The van der Waals surface area contributed by atoms with Crippen molar-refractivity contribution in [3.63, 3.8) is 0 Å². The number of benzene rings is 1. The second kappa shape index (κ2) is 9.38. The Balaban J connectivity index is 1.31. The lowest BCUT2D eigenvalue weighted by molar-refractivity contribution is -0.120. The van der Waals surface area contributed by atoms with Crippen LogP contribution in [0.15, 0.2) is 42.1 Å². The van der Waals surface area contributed by atoms with Crippen molar-refractivity contribution in [2.75, 3.05) is 37.7 Å². The molecule has 6 rings (SSSR count). The standard InChI is InChI=1S/C28H33FN4O4/c1-17-16-37-11-10-32(17)8-9-33-25-22(12-19(15-30-25)18-2-4-20(29)5-3-18)24(34)23(27(33)36)26(35)31-21-13-28(14-21)6-7-28/h2-5,12,15,17,21,27,34,36H,6-11,13-14,16H2,1H3,(H,31,35)/t17-,27?/m0/s1. The molecule has 0 bridgehead atoms. The van der Waals surface area contributed by atoms with Crippen LogP contribution in [0.4, 0.5) is 10.2 Å².